The second-order valence-corrected chi connectivity index (χ2v) is 8.19. The number of nitrogens with zero attached hydrogens (tertiary/aromatic N) is 2. The number of benzene rings is 2. The monoisotopic (exact) mass is 400 g/mol. The van der Waals surface area contributed by atoms with Gasteiger partial charge in [0.05, 0.1) is 17.9 Å². The first kappa shape index (κ1) is 18.8. The van der Waals surface area contributed by atoms with Crippen LogP contribution in [0.25, 0.3) is 0 Å². The van der Waals surface area contributed by atoms with Gasteiger partial charge < -0.3 is 9.64 Å². The number of thioether (sulfide) groups is 1. The molecule has 0 aliphatic carbocycles. The van der Waals surface area contributed by atoms with Crippen molar-refractivity contribution in [2.24, 2.45) is 0 Å². The molecule has 4 rings (SSSR count). The van der Waals surface area contributed by atoms with Crippen molar-refractivity contribution in [2.75, 3.05) is 28.6 Å². The highest BCUT2D eigenvalue weighted by Crippen LogP contribution is 2.31. The lowest BCUT2D eigenvalue weighted by atomic mass is 9.99. The molecule has 5 nitrogen and oxygen atoms in total. The van der Waals surface area contributed by atoms with E-state index in [1.807, 2.05) is 17.0 Å². The van der Waals surface area contributed by atoms with Gasteiger partial charge in [0.15, 0.2) is 5.12 Å². The average Bonchev–Trinajstić information content (AvgIpc) is 3.06. The lowest BCUT2D eigenvalue weighted by molar-refractivity contribution is -0.109. The van der Waals surface area contributed by atoms with E-state index in [9.17, 15) is 14.0 Å². The number of carbonyl (C=O) groups is 2. The number of amides is 1. The zero-order valence-electron chi connectivity index (χ0n) is 15.6. The van der Waals surface area contributed by atoms with Crippen LogP contribution in [-0.4, -0.2) is 36.2 Å². The Kier molecular flexibility index (Phi) is 5.26. The molecule has 0 N–H and O–H groups in total. The lowest BCUT2D eigenvalue weighted by Gasteiger charge is -2.31. The van der Waals surface area contributed by atoms with E-state index in [2.05, 4.69) is 12.1 Å². The van der Waals surface area contributed by atoms with E-state index in [1.165, 1.54) is 29.0 Å². The molecule has 0 aromatic heterocycles. The van der Waals surface area contributed by atoms with Crippen LogP contribution in [0.4, 0.5) is 20.6 Å². The van der Waals surface area contributed by atoms with Gasteiger partial charge in [0.2, 0.25) is 0 Å². The smallest absolute Gasteiger partial charge is 0.414 e. The lowest BCUT2D eigenvalue weighted by Crippen LogP contribution is -2.31. The Labute approximate surface area is 167 Å². The third-order valence-corrected chi connectivity index (χ3v) is 6.01. The average molecular weight is 400 g/mol. The fraction of sp³-hybridized carbons (Fsp3) is 0.333. The molecule has 0 saturated carbocycles. The van der Waals surface area contributed by atoms with Gasteiger partial charge in [-0.15, -0.1) is 0 Å². The van der Waals surface area contributed by atoms with Crippen molar-refractivity contribution in [3.63, 3.8) is 0 Å². The van der Waals surface area contributed by atoms with Crippen LogP contribution in [-0.2, 0) is 22.5 Å². The molecule has 0 radical (unpaired) electrons. The first-order valence-electron chi connectivity index (χ1n) is 9.24. The van der Waals surface area contributed by atoms with E-state index >= 15 is 0 Å². The Balaban J connectivity index is 1.48. The number of hydrogen-bond donors (Lipinski definition) is 0. The highest BCUT2D eigenvalue weighted by molar-refractivity contribution is 8.13. The normalized spacial score (nSPS) is 18.8. The standard InChI is InChI=1S/C21H21FN2O3S/c1-14(25)28-13-18-12-24(21(26)27-18)17-6-7-20(19(22)10-17)23-9-8-15-4-2-3-5-16(15)11-23/h2-7,10,18H,8-9,11-13H2,1H3/t18-/m0/s1. The number of halogens is 1. The second-order valence-electron chi connectivity index (χ2n) is 6.99. The van der Waals surface area contributed by atoms with Crippen molar-refractivity contribution in [1.29, 1.82) is 0 Å². The van der Waals surface area contributed by atoms with Crippen molar-refractivity contribution in [3.8, 4) is 0 Å². The fourth-order valence-electron chi connectivity index (χ4n) is 3.65. The topological polar surface area (TPSA) is 49.9 Å². The number of cyclic esters (lactones) is 1. The first-order valence-corrected chi connectivity index (χ1v) is 10.2. The largest absolute Gasteiger partial charge is 0.443 e. The molecule has 1 saturated heterocycles. The number of hydrogen-bond acceptors (Lipinski definition) is 5. The van der Waals surface area contributed by atoms with E-state index in [4.69, 9.17) is 4.74 Å². The summed E-state index contributed by atoms with van der Waals surface area (Å²) in [6.07, 6.45) is 0.00151. The summed E-state index contributed by atoms with van der Waals surface area (Å²) in [5.74, 6) is 0.0527. The molecular formula is C21H21FN2O3S. The van der Waals surface area contributed by atoms with E-state index in [0.717, 1.165) is 24.7 Å². The molecule has 7 heteroatoms. The SMILES string of the molecule is CC(=O)SC[C@@H]1CN(c2ccc(N3CCc4ccccc4C3)c(F)c2)C(=O)O1. The van der Waals surface area contributed by atoms with Crippen molar-refractivity contribution in [1.82, 2.24) is 0 Å². The van der Waals surface area contributed by atoms with Gasteiger partial charge in [0, 0.05) is 25.8 Å². The molecule has 2 aromatic rings. The van der Waals surface area contributed by atoms with Crippen LogP contribution in [0.3, 0.4) is 0 Å². The molecule has 28 heavy (non-hydrogen) atoms. The van der Waals surface area contributed by atoms with Crippen LogP contribution in [0.1, 0.15) is 18.1 Å². The predicted octanol–water partition coefficient (Wildman–Crippen LogP) is 3.99. The van der Waals surface area contributed by atoms with Gasteiger partial charge in [-0.25, -0.2) is 9.18 Å². The van der Waals surface area contributed by atoms with Gasteiger partial charge in [-0.3, -0.25) is 9.69 Å². The Bertz CT molecular complexity index is 920. The predicted molar refractivity (Wildman–Crippen MR) is 108 cm³/mol. The molecule has 1 atom stereocenters. The Morgan fingerprint density at radius 2 is 2.04 bits per heavy atom. The second kappa shape index (κ2) is 7.83. The quantitative estimate of drug-likeness (QED) is 0.777. The molecule has 0 spiro atoms. The molecular weight excluding hydrogens is 379 g/mol. The Morgan fingerprint density at radius 3 is 2.79 bits per heavy atom. The van der Waals surface area contributed by atoms with Gasteiger partial charge in [-0.1, -0.05) is 36.0 Å². The summed E-state index contributed by atoms with van der Waals surface area (Å²) in [7, 11) is 0. The summed E-state index contributed by atoms with van der Waals surface area (Å²) in [5.41, 5.74) is 3.53. The summed E-state index contributed by atoms with van der Waals surface area (Å²) in [6.45, 7) is 3.22. The fourth-order valence-corrected chi connectivity index (χ4v) is 4.25. The third-order valence-electron chi connectivity index (χ3n) is 5.06. The maximum Gasteiger partial charge on any atom is 0.414 e. The van der Waals surface area contributed by atoms with E-state index < -0.39 is 6.09 Å². The number of rotatable bonds is 4. The van der Waals surface area contributed by atoms with Crippen LogP contribution in [0, 0.1) is 5.82 Å². The minimum atomic E-state index is -0.506. The summed E-state index contributed by atoms with van der Waals surface area (Å²) in [4.78, 5) is 26.7. The van der Waals surface area contributed by atoms with Crippen molar-refractivity contribution in [3.05, 3.63) is 59.4 Å². The Morgan fingerprint density at radius 1 is 1.25 bits per heavy atom. The number of anilines is 2. The number of fused-ring (bicyclic) bond motifs is 1. The first-order chi connectivity index (χ1) is 13.5. The van der Waals surface area contributed by atoms with Gasteiger partial charge in [0.1, 0.15) is 11.9 Å². The van der Waals surface area contributed by atoms with Crippen molar-refractivity contribution >= 4 is 34.3 Å². The summed E-state index contributed by atoms with van der Waals surface area (Å²) >= 11 is 1.12. The molecule has 1 amide bonds. The molecule has 2 heterocycles. The van der Waals surface area contributed by atoms with E-state index in [1.54, 1.807) is 12.1 Å². The summed E-state index contributed by atoms with van der Waals surface area (Å²) < 4.78 is 20.2. The highest BCUT2D eigenvalue weighted by atomic mass is 32.2. The van der Waals surface area contributed by atoms with Gasteiger partial charge >= 0.3 is 6.09 Å². The van der Waals surface area contributed by atoms with Gasteiger partial charge in [0.25, 0.3) is 0 Å². The maximum absolute atomic E-state index is 14.9. The van der Waals surface area contributed by atoms with E-state index in [-0.39, 0.29) is 17.0 Å². The zero-order valence-corrected chi connectivity index (χ0v) is 16.4. The molecule has 0 unspecified atom stereocenters. The maximum atomic E-state index is 14.9. The van der Waals surface area contributed by atoms with Crippen LogP contribution in [0.2, 0.25) is 0 Å². The molecule has 146 valence electrons. The van der Waals surface area contributed by atoms with Gasteiger partial charge in [-0.2, -0.15) is 0 Å². The minimum absolute atomic E-state index is 0.0204. The molecule has 2 aliphatic rings. The van der Waals surface area contributed by atoms with Crippen LogP contribution in [0.5, 0.6) is 0 Å². The molecule has 2 aliphatic heterocycles. The van der Waals surface area contributed by atoms with Crippen molar-refractivity contribution < 1.29 is 18.7 Å². The minimum Gasteiger partial charge on any atom is -0.443 e. The molecule has 2 aromatic carbocycles. The highest BCUT2D eigenvalue weighted by Gasteiger charge is 2.33. The molecule has 1 fully saturated rings. The number of carbonyl (C=O) groups excluding carboxylic acids is 2. The van der Waals surface area contributed by atoms with Crippen molar-refractivity contribution in [2.45, 2.75) is 26.0 Å². The number of ether oxygens (including phenoxy) is 1. The molecule has 0 bridgehead atoms. The van der Waals surface area contributed by atoms with Crippen LogP contribution in [0.15, 0.2) is 42.5 Å². The summed E-state index contributed by atoms with van der Waals surface area (Å²) in [6, 6.07) is 13.1. The summed E-state index contributed by atoms with van der Waals surface area (Å²) in [5, 5.41) is -0.0204. The van der Waals surface area contributed by atoms with E-state index in [0.29, 0.717) is 30.2 Å². The van der Waals surface area contributed by atoms with Crippen LogP contribution < -0.4 is 9.80 Å². The van der Waals surface area contributed by atoms with Gasteiger partial charge in [-0.05, 0) is 35.7 Å². The third kappa shape index (κ3) is 3.85. The van der Waals surface area contributed by atoms with Crippen LogP contribution >= 0.6 is 11.8 Å². The Hall–Kier alpha value is -2.54. The zero-order chi connectivity index (χ0) is 19.7.